The summed E-state index contributed by atoms with van der Waals surface area (Å²) < 4.78 is 26.3. The lowest BCUT2D eigenvalue weighted by Crippen LogP contribution is -2.17. The van der Waals surface area contributed by atoms with Crippen LogP contribution in [0, 0.1) is 0 Å². The first-order chi connectivity index (χ1) is 15.4. The van der Waals surface area contributed by atoms with Gasteiger partial charge in [-0.05, 0) is 78.5 Å². The highest BCUT2D eigenvalue weighted by Crippen LogP contribution is 2.39. The molecule has 0 radical (unpaired) electrons. The van der Waals surface area contributed by atoms with Gasteiger partial charge in [0.25, 0.3) is 11.1 Å². The second-order valence-corrected chi connectivity index (χ2v) is 10.7. The van der Waals surface area contributed by atoms with Crippen LogP contribution in [0.15, 0.2) is 34.3 Å². The van der Waals surface area contributed by atoms with Gasteiger partial charge in [-0.1, -0.05) is 12.1 Å². The van der Waals surface area contributed by atoms with Crippen LogP contribution in [0.25, 0.3) is 0 Å². The zero-order valence-electron chi connectivity index (χ0n) is 17.7. The lowest BCUT2D eigenvalue weighted by atomic mass is 9.99. The quantitative estimate of drug-likeness (QED) is 0.634. The van der Waals surface area contributed by atoms with E-state index in [1.54, 1.807) is 18.0 Å². The molecule has 1 aromatic heterocycles. The average Bonchev–Trinajstić information content (AvgIpc) is 3.56. The molecule has 32 heavy (non-hydrogen) atoms. The maximum absolute atomic E-state index is 13.2. The minimum atomic E-state index is -3.96. The van der Waals surface area contributed by atoms with E-state index in [-0.39, 0.29) is 16.0 Å². The van der Waals surface area contributed by atoms with Gasteiger partial charge in [0.05, 0.1) is 4.90 Å². The first kappa shape index (κ1) is 19.5. The summed E-state index contributed by atoms with van der Waals surface area (Å²) in [6, 6.07) is 6.97. The molecule has 3 aromatic rings. The van der Waals surface area contributed by atoms with Gasteiger partial charge < -0.3 is 10.2 Å². The molecule has 1 aliphatic heterocycles. The number of amides is 1. The number of hydrogen-bond acceptors (Lipinski definition) is 6. The molecule has 2 aromatic carbocycles. The fourth-order valence-corrected chi connectivity index (χ4v) is 6.31. The van der Waals surface area contributed by atoms with Crippen molar-refractivity contribution in [2.75, 3.05) is 12.4 Å². The van der Waals surface area contributed by atoms with E-state index in [9.17, 15) is 13.2 Å². The van der Waals surface area contributed by atoms with E-state index in [1.807, 2.05) is 0 Å². The zero-order valence-corrected chi connectivity index (χ0v) is 18.6. The van der Waals surface area contributed by atoms with E-state index in [2.05, 4.69) is 26.6 Å². The van der Waals surface area contributed by atoms with Crippen molar-refractivity contribution in [2.24, 2.45) is 0 Å². The SMILES string of the molecule is CN1Cc2ccc(S(=O)(=O)c3n[nH]c(Nc4c5c(cc6c4CCC6)CCC5)n3)cc2C1=O. The van der Waals surface area contributed by atoms with E-state index in [4.69, 9.17) is 0 Å². The fraction of sp³-hybridized carbons (Fsp3) is 0.348. The number of fused-ring (bicyclic) bond motifs is 3. The fourth-order valence-electron chi connectivity index (χ4n) is 5.21. The van der Waals surface area contributed by atoms with E-state index in [1.165, 1.54) is 34.4 Å². The van der Waals surface area contributed by atoms with Crippen LogP contribution in [0.5, 0.6) is 0 Å². The van der Waals surface area contributed by atoms with Crippen molar-refractivity contribution in [3.63, 3.8) is 0 Å². The Balaban J connectivity index is 1.34. The highest BCUT2D eigenvalue weighted by Gasteiger charge is 2.30. The third-order valence-corrected chi connectivity index (χ3v) is 8.34. The number of nitrogens with zero attached hydrogens (tertiary/aromatic N) is 3. The molecule has 2 heterocycles. The number of benzene rings is 2. The first-order valence-electron chi connectivity index (χ1n) is 10.9. The highest BCUT2D eigenvalue weighted by atomic mass is 32.2. The van der Waals surface area contributed by atoms with Crippen molar-refractivity contribution in [1.29, 1.82) is 0 Å². The van der Waals surface area contributed by atoms with Crippen LogP contribution in [-0.4, -0.2) is 41.5 Å². The Morgan fingerprint density at radius 2 is 1.72 bits per heavy atom. The number of rotatable bonds is 4. The molecule has 0 bridgehead atoms. The number of aromatic amines is 1. The maximum atomic E-state index is 13.2. The summed E-state index contributed by atoms with van der Waals surface area (Å²) >= 11 is 0. The molecule has 0 saturated heterocycles. The molecular weight excluding hydrogens is 426 g/mol. The van der Waals surface area contributed by atoms with Crippen molar-refractivity contribution < 1.29 is 13.2 Å². The number of aryl methyl sites for hydroxylation is 2. The standard InChI is InChI=1S/C23H23N5O3S/c1-28-12-15-8-9-16(11-19(15)21(28)29)32(30,31)23-25-22(26-27-23)24-20-17-6-2-4-13(17)10-14-5-3-7-18(14)20/h8-11H,2-7,12H2,1H3,(H2,24,25,26,27). The van der Waals surface area contributed by atoms with Gasteiger partial charge in [0.15, 0.2) is 0 Å². The second kappa shape index (κ2) is 6.90. The Morgan fingerprint density at radius 3 is 2.44 bits per heavy atom. The largest absolute Gasteiger partial charge is 0.337 e. The van der Waals surface area contributed by atoms with Crippen molar-refractivity contribution in [3.05, 3.63) is 57.6 Å². The molecule has 8 nitrogen and oxygen atoms in total. The van der Waals surface area contributed by atoms with Crippen molar-refractivity contribution in [3.8, 4) is 0 Å². The van der Waals surface area contributed by atoms with E-state index in [0.717, 1.165) is 49.8 Å². The number of carbonyl (C=O) groups excluding carboxylic acids is 1. The van der Waals surface area contributed by atoms with E-state index >= 15 is 0 Å². The Morgan fingerprint density at radius 1 is 1.00 bits per heavy atom. The molecule has 0 unspecified atom stereocenters. The topological polar surface area (TPSA) is 108 Å². The molecule has 2 aliphatic carbocycles. The van der Waals surface area contributed by atoms with Crippen LogP contribution in [-0.2, 0) is 42.1 Å². The second-order valence-electron chi connectivity index (χ2n) is 8.81. The summed E-state index contributed by atoms with van der Waals surface area (Å²) in [5.41, 5.74) is 7.69. The van der Waals surface area contributed by atoms with Gasteiger partial charge in [0.1, 0.15) is 0 Å². The summed E-state index contributed by atoms with van der Waals surface area (Å²) in [4.78, 5) is 18.1. The monoisotopic (exact) mass is 449 g/mol. The minimum Gasteiger partial charge on any atom is -0.337 e. The van der Waals surface area contributed by atoms with Crippen LogP contribution in [0.4, 0.5) is 11.6 Å². The summed E-state index contributed by atoms with van der Waals surface area (Å²) in [6.45, 7) is 0.481. The molecular formula is C23H23N5O3S. The lowest BCUT2D eigenvalue weighted by molar-refractivity contribution is 0.0816. The van der Waals surface area contributed by atoms with Crippen molar-refractivity contribution in [1.82, 2.24) is 20.1 Å². The van der Waals surface area contributed by atoms with Crippen LogP contribution in [0.2, 0.25) is 0 Å². The molecule has 0 spiro atoms. The molecule has 0 atom stereocenters. The predicted octanol–water partition coefficient (Wildman–Crippen LogP) is 2.94. The Bertz CT molecular complexity index is 1360. The van der Waals surface area contributed by atoms with Gasteiger partial charge in [0, 0.05) is 24.8 Å². The number of sulfone groups is 1. The molecule has 1 amide bonds. The maximum Gasteiger partial charge on any atom is 0.273 e. The van der Waals surface area contributed by atoms with Crippen molar-refractivity contribution in [2.45, 2.75) is 55.1 Å². The van der Waals surface area contributed by atoms with E-state index < -0.39 is 9.84 Å². The van der Waals surface area contributed by atoms with E-state index in [0.29, 0.717) is 18.1 Å². The molecule has 0 saturated carbocycles. The Hall–Kier alpha value is -3.20. The smallest absolute Gasteiger partial charge is 0.273 e. The predicted molar refractivity (Wildman–Crippen MR) is 118 cm³/mol. The summed E-state index contributed by atoms with van der Waals surface area (Å²) in [7, 11) is -2.26. The molecule has 164 valence electrons. The number of carbonyl (C=O) groups is 1. The van der Waals surface area contributed by atoms with Gasteiger partial charge in [-0.25, -0.2) is 13.5 Å². The molecule has 3 aliphatic rings. The van der Waals surface area contributed by atoms with Crippen LogP contribution >= 0.6 is 0 Å². The lowest BCUT2D eigenvalue weighted by Gasteiger charge is -2.15. The number of anilines is 2. The number of hydrogen-bond donors (Lipinski definition) is 2. The molecule has 6 rings (SSSR count). The summed E-state index contributed by atoms with van der Waals surface area (Å²) in [5.74, 6) is 0.135. The van der Waals surface area contributed by atoms with Gasteiger partial charge in [0.2, 0.25) is 15.8 Å². The zero-order chi connectivity index (χ0) is 22.0. The molecule has 0 fully saturated rings. The van der Waals surface area contributed by atoms with Gasteiger partial charge in [-0.15, -0.1) is 5.10 Å². The van der Waals surface area contributed by atoms with Crippen LogP contribution in [0.3, 0.4) is 0 Å². The third-order valence-electron chi connectivity index (χ3n) is 6.80. The molecule has 9 heteroatoms. The third kappa shape index (κ3) is 2.87. The average molecular weight is 450 g/mol. The summed E-state index contributed by atoms with van der Waals surface area (Å²) in [5, 5.41) is 9.79. The summed E-state index contributed by atoms with van der Waals surface area (Å²) in [6.07, 6.45) is 6.47. The highest BCUT2D eigenvalue weighted by molar-refractivity contribution is 7.91. The number of nitrogens with one attached hydrogen (secondary N) is 2. The first-order valence-corrected chi connectivity index (χ1v) is 12.4. The van der Waals surface area contributed by atoms with Gasteiger partial charge in [-0.2, -0.15) is 4.98 Å². The van der Waals surface area contributed by atoms with Gasteiger partial charge in [-0.3, -0.25) is 4.79 Å². The number of aromatic nitrogens is 3. The number of H-pyrrole nitrogens is 1. The van der Waals surface area contributed by atoms with Crippen LogP contribution in [0.1, 0.15) is 51.0 Å². The minimum absolute atomic E-state index is 0.0203. The van der Waals surface area contributed by atoms with Crippen LogP contribution < -0.4 is 5.32 Å². The Labute approximate surface area is 186 Å². The Kier molecular flexibility index (Phi) is 4.20. The molecule has 2 N–H and O–H groups in total. The van der Waals surface area contributed by atoms with Gasteiger partial charge >= 0.3 is 0 Å². The van der Waals surface area contributed by atoms with Crippen molar-refractivity contribution >= 4 is 27.4 Å². The normalized spacial score (nSPS) is 16.9.